The van der Waals surface area contributed by atoms with E-state index >= 15 is 0 Å². The fourth-order valence-corrected chi connectivity index (χ4v) is 4.58. The summed E-state index contributed by atoms with van der Waals surface area (Å²) in [6.45, 7) is 0. The zero-order valence-electron chi connectivity index (χ0n) is 23.4. The molecule has 1 N–H and O–H groups in total. The molecule has 0 saturated heterocycles. The number of anilines is 1. The van der Waals surface area contributed by atoms with Crippen LogP contribution in [0.15, 0.2) is 53.1 Å². The van der Waals surface area contributed by atoms with Gasteiger partial charge in [0.05, 0.1) is 59.9 Å². The molecule has 40 heavy (non-hydrogen) atoms. The highest BCUT2D eigenvalue weighted by atomic mass is 79.9. The van der Waals surface area contributed by atoms with Crippen LogP contribution in [0, 0.1) is 0 Å². The van der Waals surface area contributed by atoms with Crippen LogP contribution < -0.4 is 38.5 Å². The number of benzene rings is 3. The normalized spacial score (nSPS) is 10.9. The number of methoxy groups -OCH3 is 7. The van der Waals surface area contributed by atoms with Crippen LogP contribution in [-0.4, -0.2) is 55.6 Å². The number of rotatable bonds is 13. The Hall–Kier alpha value is -4.31. The molecular formula is C30H32BrNO8. The summed E-state index contributed by atoms with van der Waals surface area (Å²) in [4.78, 5) is 12.9. The first kappa shape index (κ1) is 30.2. The van der Waals surface area contributed by atoms with Crippen molar-refractivity contribution in [2.75, 3.05) is 55.1 Å². The summed E-state index contributed by atoms with van der Waals surface area (Å²) in [5.41, 5.74) is 2.75. The van der Waals surface area contributed by atoms with Gasteiger partial charge >= 0.3 is 0 Å². The summed E-state index contributed by atoms with van der Waals surface area (Å²) in [7, 11) is 10.8. The van der Waals surface area contributed by atoms with Crippen LogP contribution in [0.1, 0.15) is 21.5 Å². The number of halogens is 1. The predicted molar refractivity (Wildman–Crippen MR) is 159 cm³/mol. The Labute approximate surface area is 242 Å². The lowest BCUT2D eigenvalue weighted by molar-refractivity contribution is 0.104. The van der Waals surface area contributed by atoms with E-state index in [9.17, 15) is 4.79 Å². The van der Waals surface area contributed by atoms with E-state index in [1.807, 2.05) is 36.4 Å². The van der Waals surface area contributed by atoms with E-state index in [0.717, 1.165) is 15.6 Å². The van der Waals surface area contributed by atoms with Crippen molar-refractivity contribution < 1.29 is 38.0 Å². The Bertz CT molecular complexity index is 1370. The van der Waals surface area contributed by atoms with Gasteiger partial charge in [-0.2, -0.15) is 0 Å². The number of hydrogen-bond donors (Lipinski definition) is 1. The minimum Gasteiger partial charge on any atom is -0.493 e. The number of ketones is 1. The van der Waals surface area contributed by atoms with Crippen molar-refractivity contribution in [3.63, 3.8) is 0 Å². The SMILES string of the molecule is COc1cc(C=Cc2cc(Br)c(OC)c(NC=CC(=O)c3cc(OC)c(OC)c(OC)c3)c2)cc(OC)c1OC. The summed E-state index contributed by atoms with van der Waals surface area (Å²) in [6, 6.07) is 10.7. The highest BCUT2D eigenvalue weighted by Crippen LogP contribution is 2.40. The Morgan fingerprint density at radius 2 is 1.07 bits per heavy atom. The van der Waals surface area contributed by atoms with Gasteiger partial charge in [-0.15, -0.1) is 0 Å². The zero-order valence-corrected chi connectivity index (χ0v) is 25.0. The van der Waals surface area contributed by atoms with Gasteiger partial charge in [0.1, 0.15) is 0 Å². The van der Waals surface area contributed by atoms with Gasteiger partial charge in [0, 0.05) is 17.8 Å². The first-order valence-electron chi connectivity index (χ1n) is 12.0. The summed E-state index contributed by atoms with van der Waals surface area (Å²) in [6.07, 6.45) is 6.81. The lowest BCUT2D eigenvalue weighted by Crippen LogP contribution is -2.01. The molecule has 0 fully saturated rings. The average molecular weight is 614 g/mol. The van der Waals surface area contributed by atoms with E-state index in [2.05, 4.69) is 21.2 Å². The molecule has 0 unspecified atom stereocenters. The third-order valence-corrected chi connectivity index (χ3v) is 6.44. The van der Waals surface area contributed by atoms with E-state index in [0.29, 0.717) is 51.5 Å². The molecule has 0 amide bonds. The summed E-state index contributed by atoms with van der Waals surface area (Å²) in [5, 5.41) is 3.14. The first-order valence-corrected chi connectivity index (χ1v) is 12.8. The lowest BCUT2D eigenvalue weighted by Gasteiger charge is -2.13. The van der Waals surface area contributed by atoms with Gasteiger partial charge in [-0.25, -0.2) is 0 Å². The van der Waals surface area contributed by atoms with Gasteiger partial charge in [-0.3, -0.25) is 4.79 Å². The van der Waals surface area contributed by atoms with Crippen LogP contribution >= 0.6 is 15.9 Å². The topological polar surface area (TPSA) is 93.7 Å². The van der Waals surface area contributed by atoms with E-state index < -0.39 is 0 Å². The van der Waals surface area contributed by atoms with Crippen LogP contribution in [0.4, 0.5) is 5.69 Å². The Morgan fingerprint density at radius 3 is 1.52 bits per heavy atom. The molecule has 3 rings (SSSR count). The van der Waals surface area contributed by atoms with Crippen LogP contribution in [0.2, 0.25) is 0 Å². The molecule has 0 atom stereocenters. The summed E-state index contributed by atoms with van der Waals surface area (Å²) < 4.78 is 38.6. The molecule has 3 aromatic carbocycles. The quantitative estimate of drug-likeness (QED) is 0.132. The zero-order chi connectivity index (χ0) is 29.2. The van der Waals surface area contributed by atoms with Gasteiger partial charge in [-0.1, -0.05) is 12.2 Å². The Balaban J connectivity index is 1.87. The molecule has 0 heterocycles. The minimum absolute atomic E-state index is 0.261. The standard InChI is InChI=1S/C30H32BrNO8/c1-34-24-14-19(15-25(35-2)29(24)39-6)9-8-18-12-21(31)28(38-5)22(13-18)32-11-10-23(33)20-16-26(36-3)30(40-7)27(17-20)37-4/h8-17,32H,1-7H3. The second-order valence-electron chi connectivity index (χ2n) is 8.13. The summed E-state index contributed by atoms with van der Waals surface area (Å²) in [5.74, 6) is 3.15. The molecule has 9 nitrogen and oxygen atoms in total. The number of carbonyl (C=O) groups excluding carboxylic acids is 1. The maximum absolute atomic E-state index is 12.9. The largest absolute Gasteiger partial charge is 0.493 e. The van der Waals surface area contributed by atoms with Crippen molar-refractivity contribution >= 4 is 39.6 Å². The smallest absolute Gasteiger partial charge is 0.203 e. The van der Waals surface area contributed by atoms with Crippen molar-refractivity contribution in [3.8, 4) is 40.2 Å². The van der Waals surface area contributed by atoms with Gasteiger partial charge in [0.2, 0.25) is 11.5 Å². The monoisotopic (exact) mass is 613 g/mol. The Morgan fingerprint density at radius 1 is 0.625 bits per heavy atom. The van der Waals surface area contributed by atoms with Crippen molar-refractivity contribution in [1.82, 2.24) is 0 Å². The molecule has 10 heteroatoms. The summed E-state index contributed by atoms with van der Waals surface area (Å²) >= 11 is 3.57. The maximum atomic E-state index is 12.9. The molecule has 0 aliphatic heterocycles. The van der Waals surface area contributed by atoms with E-state index in [4.69, 9.17) is 33.2 Å². The molecule has 3 aromatic rings. The number of nitrogens with one attached hydrogen (secondary N) is 1. The second kappa shape index (κ2) is 14.2. The third kappa shape index (κ3) is 6.81. The highest BCUT2D eigenvalue weighted by Gasteiger charge is 2.16. The van der Waals surface area contributed by atoms with Crippen LogP contribution in [-0.2, 0) is 0 Å². The average Bonchev–Trinajstić information content (AvgIpc) is 2.98. The molecule has 0 saturated carbocycles. The number of carbonyl (C=O) groups is 1. The fraction of sp³-hybridized carbons (Fsp3) is 0.233. The molecule has 0 radical (unpaired) electrons. The Kier molecular flexibility index (Phi) is 10.7. The molecule has 0 aliphatic carbocycles. The second-order valence-corrected chi connectivity index (χ2v) is 8.99. The lowest BCUT2D eigenvalue weighted by atomic mass is 10.1. The van der Waals surface area contributed by atoms with E-state index in [-0.39, 0.29) is 5.78 Å². The van der Waals surface area contributed by atoms with Gasteiger partial charge < -0.3 is 38.5 Å². The molecule has 0 aromatic heterocycles. The fourth-order valence-electron chi connectivity index (χ4n) is 3.94. The molecule has 0 spiro atoms. The number of allylic oxidation sites excluding steroid dienone is 1. The van der Waals surface area contributed by atoms with Crippen LogP contribution in [0.5, 0.6) is 40.2 Å². The third-order valence-electron chi connectivity index (χ3n) is 5.85. The van der Waals surface area contributed by atoms with Crippen LogP contribution in [0.3, 0.4) is 0 Å². The number of hydrogen-bond acceptors (Lipinski definition) is 9. The maximum Gasteiger partial charge on any atom is 0.203 e. The number of ether oxygens (including phenoxy) is 7. The van der Waals surface area contributed by atoms with Gasteiger partial charge in [-0.05, 0) is 63.5 Å². The van der Waals surface area contributed by atoms with Crippen molar-refractivity contribution in [2.24, 2.45) is 0 Å². The van der Waals surface area contributed by atoms with Crippen molar-refractivity contribution in [1.29, 1.82) is 0 Å². The first-order chi connectivity index (χ1) is 19.3. The van der Waals surface area contributed by atoms with Crippen molar-refractivity contribution in [2.45, 2.75) is 0 Å². The predicted octanol–water partition coefficient (Wildman–Crippen LogP) is 6.49. The highest BCUT2D eigenvalue weighted by molar-refractivity contribution is 9.10. The molecule has 212 valence electrons. The van der Waals surface area contributed by atoms with Gasteiger partial charge in [0.25, 0.3) is 0 Å². The molecule has 0 aliphatic rings. The molecular weight excluding hydrogens is 582 g/mol. The van der Waals surface area contributed by atoms with Gasteiger partial charge in [0.15, 0.2) is 34.5 Å². The van der Waals surface area contributed by atoms with E-state index in [1.165, 1.54) is 27.4 Å². The molecule has 0 bridgehead atoms. The van der Waals surface area contributed by atoms with Crippen molar-refractivity contribution in [3.05, 3.63) is 69.8 Å². The van der Waals surface area contributed by atoms with E-state index in [1.54, 1.807) is 46.8 Å². The van der Waals surface area contributed by atoms with Crippen LogP contribution in [0.25, 0.3) is 12.2 Å². The minimum atomic E-state index is -0.261.